The predicted molar refractivity (Wildman–Crippen MR) is 91.0 cm³/mol. The van der Waals surface area contributed by atoms with E-state index >= 15 is 0 Å². The molecule has 3 aliphatic rings. The molecular formula is C18H18N2O3S. The number of thiazole rings is 1. The standard InChI is InChI=1S/C18H18N2O3S/c1-9-11(5-4-10-14(9)24-8-19-10)20-15(21)12-13(16(20)22)18(3)7-6-17(12,2)23-18/h4-5,8,12-13H,6-7H2,1-3H3. The Morgan fingerprint density at radius 2 is 1.79 bits per heavy atom. The van der Waals surface area contributed by atoms with Gasteiger partial charge in [-0.1, -0.05) is 0 Å². The first-order valence-corrected chi connectivity index (χ1v) is 9.14. The SMILES string of the molecule is Cc1c(N2C(=O)C3C(C2=O)C2(C)CCC3(C)O2)ccc2ncsc12. The molecule has 3 saturated heterocycles. The average Bonchev–Trinajstić information content (AvgIpc) is 3.22. The largest absolute Gasteiger partial charge is 0.367 e. The number of ether oxygens (including phenoxy) is 1. The summed E-state index contributed by atoms with van der Waals surface area (Å²) >= 11 is 1.54. The molecule has 124 valence electrons. The maximum atomic E-state index is 13.2. The smallest absolute Gasteiger partial charge is 0.240 e. The third-order valence-electron chi connectivity index (χ3n) is 6.17. The lowest BCUT2D eigenvalue weighted by Crippen LogP contribution is -2.40. The van der Waals surface area contributed by atoms with Crippen molar-refractivity contribution in [2.45, 2.75) is 44.8 Å². The van der Waals surface area contributed by atoms with Crippen molar-refractivity contribution in [3.63, 3.8) is 0 Å². The van der Waals surface area contributed by atoms with Crippen LogP contribution >= 0.6 is 11.3 Å². The molecule has 6 heteroatoms. The number of carbonyl (C=O) groups is 2. The quantitative estimate of drug-likeness (QED) is 0.748. The van der Waals surface area contributed by atoms with Crippen LogP contribution in [0.15, 0.2) is 17.6 Å². The molecular weight excluding hydrogens is 324 g/mol. The molecule has 0 aliphatic carbocycles. The molecule has 1 aromatic heterocycles. The molecule has 2 aromatic rings. The molecule has 0 saturated carbocycles. The van der Waals surface area contributed by atoms with Gasteiger partial charge in [0.2, 0.25) is 11.8 Å². The van der Waals surface area contributed by atoms with Gasteiger partial charge in [-0.05, 0) is 51.3 Å². The fraction of sp³-hybridized carbons (Fsp3) is 0.500. The molecule has 3 aliphatic heterocycles. The summed E-state index contributed by atoms with van der Waals surface area (Å²) in [4.78, 5) is 32.1. The average molecular weight is 342 g/mol. The Morgan fingerprint density at radius 1 is 1.17 bits per heavy atom. The molecule has 3 fully saturated rings. The fourth-order valence-electron chi connectivity index (χ4n) is 5.00. The molecule has 4 atom stereocenters. The topological polar surface area (TPSA) is 59.5 Å². The van der Waals surface area contributed by atoms with E-state index in [4.69, 9.17) is 4.74 Å². The van der Waals surface area contributed by atoms with Gasteiger partial charge in [-0.25, -0.2) is 9.88 Å². The Hall–Kier alpha value is -1.79. The van der Waals surface area contributed by atoms with Crippen LogP contribution in [0.3, 0.4) is 0 Å². The molecule has 5 rings (SSSR count). The molecule has 4 unspecified atom stereocenters. The first kappa shape index (κ1) is 14.5. The Kier molecular flexibility index (Phi) is 2.57. The summed E-state index contributed by atoms with van der Waals surface area (Å²) in [5.41, 5.74) is 3.32. The minimum atomic E-state index is -0.511. The number of aryl methyl sites for hydroxylation is 1. The number of imide groups is 1. The Morgan fingerprint density at radius 3 is 2.42 bits per heavy atom. The number of nitrogens with zero attached hydrogens (tertiary/aromatic N) is 2. The lowest BCUT2D eigenvalue weighted by atomic mass is 9.69. The molecule has 1 aromatic carbocycles. The van der Waals surface area contributed by atoms with Gasteiger partial charge >= 0.3 is 0 Å². The zero-order chi connectivity index (χ0) is 16.9. The van der Waals surface area contributed by atoms with Crippen molar-refractivity contribution in [1.29, 1.82) is 0 Å². The molecule has 0 spiro atoms. The van der Waals surface area contributed by atoms with E-state index in [2.05, 4.69) is 4.98 Å². The number of amides is 2. The van der Waals surface area contributed by atoms with Crippen LogP contribution in [0.1, 0.15) is 32.3 Å². The number of carbonyl (C=O) groups excluding carboxylic acids is 2. The second-order valence-corrected chi connectivity index (χ2v) is 8.46. The van der Waals surface area contributed by atoms with Crippen molar-refractivity contribution in [2.75, 3.05) is 4.90 Å². The molecule has 0 N–H and O–H groups in total. The van der Waals surface area contributed by atoms with Gasteiger partial charge in [0.1, 0.15) is 0 Å². The van der Waals surface area contributed by atoms with Crippen LogP contribution in [0.2, 0.25) is 0 Å². The van der Waals surface area contributed by atoms with E-state index < -0.39 is 11.2 Å². The zero-order valence-corrected chi connectivity index (χ0v) is 14.6. The molecule has 0 radical (unpaired) electrons. The highest BCUT2D eigenvalue weighted by molar-refractivity contribution is 7.17. The van der Waals surface area contributed by atoms with Crippen LogP contribution < -0.4 is 4.90 Å². The van der Waals surface area contributed by atoms with E-state index in [-0.39, 0.29) is 23.7 Å². The first-order valence-electron chi connectivity index (χ1n) is 8.26. The summed E-state index contributed by atoms with van der Waals surface area (Å²) in [5.74, 6) is -0.939. The van der Waals surface area contributed by atoms with Crippen molar-refractivity contribution < 1.29 is 14.3 Å². The van der Waals surface area contributed by atoms with Gasteiger partial charge in [0, 0.05) is 0 Å². The highest BCUT2D eigenvalue weighted by Crippen LogP contribution is 2.61. The second-order valence-electron chi connectivity index (χ2n) is 7.60. The molecule has 4 heterocycles. The van der Waals surface area contributed by atoms with Crippen LogP contribution in [0.4, 0.5) is 5.69 Å². The summed E-state index contributed by atoms with van der Waals surface area (Å²) in [7, 11) is 0. The van der Waals surface area contributed by atoms with E-state index in [1.54, 1.807) is 5.51 Å². The summed E-state index contributed by atoms with van der Waals surface area (Å²) in [6.45, 7) is 5.92. The monoisotopic (exact) mass is 342 g/mol. The number of benzene rings is 1. The van der Waals surface area contributed by atoms with Crippen molar-refractivity contribution in [1.82, 2.24) is 4.98 Å². The van der Waals surface area contributed by atoms with Gasteiger partial charge < -0.3 is 4.74 Å². The van der Waals surface area contributed by atoms with Crippen LogP contribution in [0.25, 0.3) is 10.2 Å². The molecule has 2 bridgehead atoms. The van der Waals surface area contributed by atoms with Crippen molar-refractivity contribution in [3.05, 3.63) is 23.2 Å². The lowest BCUT2D eigenvalue weighted by molar-refractivity contribution is -0.129. The normalized spacial score (nSPS) is 37.7. The highest BCUT2D eigenvalue weighted by Gasteiger charge is 2.72. The van der Waals surface area contributed by atoms with Gasteiger partial charge in [0.25, 0.3) is 0 Å². The predicted octanol–water partition coefficient (Wildman–Crippen LogP) is 3.05. The molecule has 24 heavy (non-hydrogen) atoms. The van der Waals surface area contributed by atoms with Gasteiger partial charge in [0.15, 0.2) is 0 Å². The second kappa shape index (κ2) is 4.24. The maximum Gasteiger partial charge on any atom is 0.240 e. The van der Waals surface area contributed by atoms with Crippen LogP contribution in [0, 0.1) is 18.8 Å². The maximum absolute atomic E-state index is 13.2. The van der Waals surface area contributed by atoms with Crippen LogP contribution in [-0.4, -0.2) is 28.0 Å². The third-order valence-corrected chi connectivity index (χ3v) is 7.13. The number of anilines is 1. The summed E-state index contributed by atoms with van der Waals surface area (Å²) in [6, 6.07) is 3.74. The van der Waals surface area contributed by atoms with Crippen LogP contribution in [-0.2, 0) is 14.3 Å². The highest BCUT2D eigenvalue weighted by atomic mass is 32.1. The van der Waals surface area contributed by atoms with Crippen molar-refractivity contribution >= 4 is 39.1 Å². The number of hydrogen-bond acceptors (Lipinski definition) is 5. The Bertz CT molecular complexity index is 888. The summed E-state index contributed by atoms with van der Waals surface area (Å²) in [6.07, 6.45) is 1.68. The summed E-state index contributed by atoms with van der Waals surface area (Å²) < 4.78 is 7.18. The van der Waals surface area contributed by atoms with E-state index in [0.717, 1.165) is 28.6 Å². The van der Waals surface area contributed by atoms with E-state index in [1.165, 1.54) is 16.2 Å². The molecule has 5 nitrogen and oxygen atoms in total. The zero-order valence-electron chi connectivity index (χ0n) is 13.8. The van der Waals surface area contributed by atoms with Gasteiger partial charge in [-0.2, -0.15) is 0 Å². The number of hydrogen-bond donors (Lipinski definition) is 0. The summed E-state index contributed by atoms with van der Waals surface area (Å²) in [5, 5.41) is 0. The third kappa shape index (κ3) is 1.51. The van der Waals surface area contributed by atoms with E-state index in [0.29, 0.717) is 5.69 Å². The van der Waals surface area contributed by atoms with Crippen molar-refractivity contribution in [3.8, 4) is 0 Å². The lowest BCUT2D eigenvalue weighted by Gasteiger charge is -2.27. The number of fused-ring (bicyclic) bond motifs is 6. The fourth-order valence-corrected chi connectivity index (χ4v) is 5.80. The van der Waals surface area contributed by atoms with E-state index in [1.807, 2.05) is 32.9 Å². The Labute approximate surface area is 143 Å². The Balaban J connectivity index is 1.66. The van der Waals surface area contributed by atoms with Crippen LogP contribution in [0.5, 0.6) is 0 Å². The van der Waals surface area contributed by atoms with Gasteiger partial charge in [0.05, 0.1) is 44.5 Å². The van der Waals surface area contributed by atoms with Gasteiger partial charge in [-0.3, -0.25) is 9.59 Å². The van der Waals surface area contributed by atoms with E-state index in [9.17, 15) is 9.59 Å². The van der Waals surface area contributed by atoms with Gasteiger partial charge in [-0.15, -0.1) is 11.3 Å². The minimum Gasteiger partial charge on any atom is -0.367 e. The molecule has 2 amide bonds. The number of rotatable bonds is 1. The van der Waals surface area contributed by atoms with Crippen molar-refractivity contribution in [2.24, 2.45) is 11.8 Å². The number of aromatic nitrogens is 1. The first-order chi connectivity index (χ1) is 11.4. The minimum absolute atomic E-state index is 0.108.